The molecule has 1 heterocycles. The molecule has 0 aliphatic heterocycles. The number of ether oxygens (including phenoxy) is 2. The lowest BCUT2D eigenvalue weighted by molar-refractivity contribution is -0.117. The molecule has 0 bridgehead atoms. The molecule has 3 rings (SSSR count). The topological polar surface area (TPSA) is 69.6 Å². The molecular formula is C24H27FN2O4. The number of fused-ring (bicyclic) bond motifs is 1. The first-order valence-electron chi connectivity index (χ1n) is 10.2. The molecule has 0 spiro atoms. The predicted molar refractivity (Wildman–Crippen MR) is 118 cm³/mol. The molecule has 6 nitrogen and oxygen atoms in total. The zero-order valence-corrected chi connectivity index (χ0v) is 18.2. The SMILES string of the molecule is CCOC(=O)Oc1cc2cc(NC(=O)CC(C)(C)C)ccc2n1Cc1ccccc1F. The first-order valence-corrected chi connectivity index (χ1v) is 10.2. The summed E-state index contributed by atoms with van der Waals surface area (Å²) in [6, 6.07) is 13.5. The second-order valence-corrected chi connectivity index (χ2v) is 8.50. The zero-order chi connectivity index (χ0) is 22.6. The minimum absolute atomic E-state index is 0.0827. The predicted octanol–water partition coefficient (Wildman–Crippen LogP) is 5.74. The number of anilines is 1. The molecule has 0 unspecified atom stereocenters. The summed E-state index contributed by atoms with van der Waals surface area (Å²) in [4.78, 5) is 24.2. The maximum atomic E-state index is 14.2. The van der Waals surface area contributed by atoms with Gasteiger partial charge < -0.3 is 19.4 Å². The van der Waals surface area contributed by atoms with Crippen LogP contribution in [0.1, 0.15) is 39.7 Å². The van der Waals surface area contributed by atoms with Crippen molar-refractivity contribution in [1.82, 2.24) is 4.57 Å². The van der Waals surface area contributed by atoms with Gasteiger partial charge in [-0.15, -0.1) is 0 Å². The van der Waals surface area contributed by atoms with Crippen molar-refractivity contribution in [1.29, 1.82) is 0 Å². The van der Waals surface area contributed by atoms with Gasteiger partial charge in [0.15, 0.2) is 0 Å². The summed E-state index contributed by atoms with van der Waals surface area (Å²) in [6.45, 7) is 8.02. The standard InChI is InChI=1S/C24H27FN2O4/c1-5-30-23(29)31-22-13-17-12-18(26-21(28)14-24(2,3)4)10-11-20(17)27(22)15-16-8-6-7-9-19(16)25/h6-13H,5,14-15H2,1-4H3,(H,26,28). The Morgan fingerprint density at radius 3 is 2.52 bits per heavy atom. The third kappa shape index (κ3) is 5.84. The van der Waals surface area contributed by atoms with Crippen molar-refractivity contribution in [3.63, 3.8) is 0 Å². The highest BCUT2D eigenvalue weighted by Crippen LogP contribution is 2.30. The van der Waals surface area contributed by atoms with Gasteiger partial charge in [-0.05, 0) is 36.6 Å². The summed E-state index contributed by atoms with van der Waals surface area (Å²) in [5, 5.41) is 3.64. The number of halogens is 1. The van der Waals surface area contributed by atoms with E-state index in [4.69, 9.17) is 9.47 Å². The number of amides is 1. The molecule has 164 valence electrons. The zero-order valence-electron chi connectivity index (χ0n) is 18.2. The van der Waals surface area contributed by atoms with Crippen molar-refractivity contribution in [2.45, 2.75) is 40.7 Å². The van der Waals surface area contributed by atoms with Crippen LogP contribution in [0, 0.1) is 11.2 Å². The van der Waals surface area contributed by atoms with Crippen molar-refractivity contribution in [3.8, 4) is 5.88 Å². The van der Waals surface area contributed by atoms with Crippen LogP contribution < -0.4 is 10.1 Å². The molecule has 0 radical (unpaired) electrons. The fourth-order valence-electron chi connectivity index (χ4n) is 3.29. The number of carbonyl (C=O) groups excluding carboxylic acids is 2. The van der Waals surface area contributed by atoms with Gasteiger partial charge in [0.25, 0.3) is 0 Å². The van der Waals surface area contributed by atoms with E-state index in [-0.39, 0.29) is 36.2 Å². The van der Waals surface area contributed by atoms with E-state index in [2.05, 4.69) is 5.32 Å². The van der Waals surface area contributed by atoms with Crippen molar-refractivity contribution in [2.24, 2.45) is 5.41 Å². The van der Waals surface area contributed by atoms with E-state index in [1.165, 1.54) is 6.07 Å². The summed E-state index contributed by atoms with van der Waals surface area (Å²) in [5.74, 6) is -0.201. The Morgan fingerprint density at radius 1 is 1.10 bits per heavy atom. The van der Waals surface area contributed by atoms with E-state index >= 15 is 0 Å². The highest BCUT2D eigenvalue weighted by Gasteiger charge is 2.18. The Kier molecular flexibility index (Phi) is 6.63. The highest BCUT2D eigenvalue weighted by atomic mass is 19.1. The summed E-state index contributed by atoms with van der Waals surface area (Å²) in [5.41, 5.74) is 1.69. The van der Waals surface area contributed by atoms with E-state index in [9.17, 15) is 14.0 Å². The van der Waals surface area contributed by atoms with Gasteiger partial charge in [0.05, 0.1) is 18.7 Å². The summed E-state index contributed by atoms with van der Waals surface area (Å²) >= 11 is 0. The van der Waals surface area contributed by atoms with Crippen LogP contribution >= 0.6 is 0 Å². The first-order chi connectivity index (χ1) is 14.7. The number of hydrogen-bond donors (Lipinski definition) is 1. The minimum Gasteiger partial charge on any atom is -0.434 e. The second kappa shape index (κ2) is 9.20. The molecule has 1 N–H and O–H groups in total. The third-order valence-corrected chi connectivity index (χ3v) is 4.57. The largest absolute Gasteiger partial charge is 0.515 e. The Hall–Kier alpha value is -3.35. The number of benzene rings is 2. The summed E-state index contributed by atoms with van der Waals surface area (Å²) in [7, 11) is 0. The van der Waals surface area contributed by atoms with Gasteiger partial charge in [-0.1, -0.05) is 39.0 Å². The highest BCUT2D eigenvalue weighted by molar-refractivity contribution is 5.94. The van der Waals surface area contributed by atoms with E-state index in [1.54, 1.807) is 54.0 Å². The number of rotatable bonds is 6. The molecule has 0 atom stereocenters. The van der Waals surface area contributed by atoms with Crippen LogP contribution in [-0.2, 0) is 16.1 Å². The smallest absolute Gasteiger partial charge is 0.434 e. The summed E-state index contributed by atoms with van der Waals surface area (Å²) < 4.78 is 26.2. The Labute approximate surface area is 181 Å². The normalized spacial score (nSPS) is 11.4. The molecule has 2 aromatic carbocycles. The Balaban J connectivity index is 1.96. The molecule has 0 aliphatic carbocycles. The molecule has 0 saturated heterocycles. The molecule has 7 heteroatoms. The number of nitrogens with one attached hydrogen (secondary N) is 1. The van der Waals surface area contributed by atoms with Crippen molar-refractivity contribution < 1.29 is 23.5 Å². The van der Waals surface area contributed by atoms with Gasteiger partial charge in [-0.2, -0.15) is 0 Å². The number of carbonyl (C=O) groups is 2. The van der Waals surface area contributed by atoms with Crippen LogP contribution in [0.3, 0.4) is 0 Å². The molecule has 0 aliphatic rings. The average Bonchev–Trinajstić information content (AvgIpc) is 2.98. The number of hydrogen-bond acceptors (Lipinski definition) is 4. The van der Waals surface area contributed by atoms with Crippen LogP contribution in [0.2, 0.25) is 0 Å². The quantitative estimate of drug-likeness (QED) is 0.511. The fraction of sp³-hybridized carbons (Fsp3) is 0.333. The van der Waals surface area contributed by atoms with Crippen LogP contribution in [-0.4, -0.2) is 23.2 Å². The van der Waals surface area contributed by atoms with E-state index in [0.717, 1.165) is 10.9 Å². The van der Waals surface area contributed by atoms with Crippen molar-refractivity contribution in [3.05, 3.63) is 59.9 Å². The lowest BCUT2D eigenvalue weighted by Crippen LogP contribution is -2.19. The van der Waals surface area contributed by atoms with Crippen LogP contribution in [0.5, 0.6) is 5.88 Å². The average molecular weight is 426 g/mol. The third-order valence-electron chi connectivity index (χ3n) is 4.57. The van der Waals surface area contributed by atoms with Crippen LogP contribution in [0.4, 0.5) is 14.9 Å². The van der Waals surface area contributed by atoms with Crippen LogP contribution in [0.25, 0.3) is 10.9 Å². The van der Waals surface area contributed by atoms with Gasteiger partial charge in [0, 0.05) is 29.1 Å². The van der Waals surface area contributed by atoms with Gasteiger partial charge in [0.1, 0.15) is 5.82 Å². The van der Waals surface area contributed by atoms with Gasteiger partial charge in [-0.25, -0.2) is 9.18 Å². The molecule has 3 aromatic rings. The molecule has 1 aromatic heterocycles. The Bertz CT molecular complexity index is 1100. The molecular weight excluding hydrogens is 399 g/mol. The molecule has 0 saturated carbocycles. The van der Waals surface area contributed by atoms with E-state index in [0.29, 0.717) is 17.7 Å². The van der Waals surface area contributed by atoms with E-state index < -0.39 is 6.16 Å². The number of aromatic nitrogens is 1. The fourth-order valence-corrected chi connectivity index (χ4v) is 3.29. The number of nitrogens with zero attached hydrogens (tertiary/aromatic N) is 1. The maximum Gasteiger partial charge on any atom is 0.515 e. The molecule has 0 fully saturated rings. The van der Waals surface area contributed by atoms with Gasteiger partial charge in [0.2, 0.25) is 11.8 Å². The van der Waals surface area contributed by atoms with Crippen molar-refractivity contribution >= 4 is 28.7 Å². The van der Waals surface area contributed by atoms with E-state index in [1.807, 2.05) is 20.8 Å². The minimum atomic E-state index is -0.834. The maximum absolute atomic E-state index is 14.2. The van der Waals surface area contributed by atoms with Crippen molar-refractivity contribution in [2.75, 3.05) is 11.9 Å². The van der Waals surface area contributed by atoms with Gasteiger partial charge >= 0.3 is 6.16 Å². The van der Waals surface area contributed by atoms with Gasteiger partial charge in [-0.3, -0.25) is 4.79 Å². The Morgan fingerprint density at radius 2 is 1.84 bits per heavy atom. The summed E-state index contributed by atoms with van der Waals surface area (Å²) in [6.07, 6.45) is -0.449. The molecule has 31 heavy (non-hydrogen) atoms. The second-order valence-electron chi connectivity index (χ2n) is 8.50. The first kappa shape index (κ1) is 22.3. The molecule has 1 amide bonds. The lowest BCUT2D eigenvalue weighted by Gasteiger charge is -2.17. The van der Waals surface area contributed by atoms with Crippen LogP contribution in [0.15, 0.2) is 48.5 Å². The lowest BCUT2D eigenvalue weighted by atomic mass is 9.92. The monoisotopic (exact) mass is 426 g/mol.